The third-order valence-corrected chi connectivity index (χ3v) is 2.66. The molecular formula is C13H9NO2. The maximum Gasteiger partial charge on any atom is 0.162 e. The highest BCUT2D eigenvalue weighted by molar-refractivity contribution is 5.90. The summed E-state index contributed by atoms with van der Waals surface area (Å²) in [6.45, 7) is 1.14. The lowest BCUT2D eigenvalue weighted by Gasteiger charge is -2.19. The van der Waals surface area contributed by atoms with E-state index in [9.17, 15) is 0 Å². The smallest absolute Gasteiger partial charge is 0.162 e. The number of nitrogens with zero attached hydrogens (tertiary/aromatic N) is 1. The molecular weight excluding hydrogens is 202 g/mol. The van der Waals surface area contributed by atoms with Crippen molar-refractivity contribution in [1.29, 1.82) is 5.26 Å². The number of nitriles is 1. The van der Waals surface area contributed by atoms with E-state index >= 15 is 0 Å². The Bertz CT molecular complexity index is 599. The molecule has 0 amide bonds. The van der Waals surface area contributed by atoms with Gasteiger partial charge in [0.25, 0.3) is 0 Å². The minimum absolute atomic E-state index is 0.563. The summed E-state index contributed by atoms with van der Waals surface area (Å²) in [5, 5.41) is 10.9. The quantitative estimate of drug-likeness (QED) is 0.672. The van der Waals surface area contributed by atoms with Gasteiger partial charge >= 0.3 is 0 Å². The highest BCUT2D eigenvalue weighted by Crippen LogP contribution is 2.35. The van der Waals surface area contributed by atoms with Gasteiger partial charge in [0.2, 0.25) is 0 Å². The zero-order valence-electron chi connectivity index (χ0n) is 8.56. The maximum atomic E-state index is 9.02. The van der Waals surface area contributed by atoms with Crippen LogP contribution in [-0.2, 0) is 0 Å². The van der Waals surface area contributed by atoms with Crippen LogP contribution in [0.25, 0.3) is 10.8 Å². The summed E-state index contributed by atoms with van der Waals surface area (Å²) < 4.78 is 11.0. The molecule has 0 saturated heterocycles. The first-order valence-electron chi connectivity index (χ1n) is 5.11. The minimum atomic E-state index is 0.563. The number of rotatable bonds is 0. The molecule has 3 rings (SSSR count). The Kier molecular flexibility index (Phi) is 1.94. The van der Waals surface area contributed by atoms with Gasteiger partial charge in [0, 0.05) is 5.39 Å². The monoisotopic (exact) mass is 211 g/mol. The van der Waals surface area contributed by atoms with Crippen LogP contribution in [0.3, 0.4) is 0 Å². The van der Waals surface area contributed by atoms with Crippen molar-refractivity contribution in [1.82, 2.24) is 0 Å². The predicted octanol–water partition coefficient (Wildman–Crippen LogP) is 2.48. The van der Waals surface area contributed by atoms with E-state index in [4.69, 9.17) is 14.7 Å². The van der Waals surface area contributed by atoms with Crippen molar-refractivity contribution in [2.75, 3.05) is 13.2 Å². The van der Waals surface area contributed by atoms with Crippen LogP contribution in [-0.4, -0.2) is 13.2 Å². The zero-order chi connectivity index (χ0) is 11.0. The molecule has 0 N–H and O–H groups in total. The van der Waals surface area contributed by atoms with Gasteiger partial charge in [-0.2, -0.15) is 5.26 Å². The molecule has 0 unspecified atom stereocenters. The molecule has 2 aromatic carbocycles. The molecule has 1 aliphatic heterocycles. The third-order valence-electron chi connectivity index (χ3n) is 2.66. The Balaban J connectivity index is 2.32. The second-order valence-corrected chi connectivity index (χ2v) is 3.63. The number of benzene rings is 2. The van der Waals surface area contributed by atoms with Crippen LogP contribution in [0.4, 0.5) is 0 Å². The molecule has 78 valence electrons. The van der Waals surface area contributed by atoms with E-state index < -0.39 is 0 Å². The van der Waals surface area contributed by atoms with Crippen LogP contribution < -0.4 is 9.47 Å². The van der Waals surface area contributed by atoms with Gasteiger partial charge in [-0.15, -0.1) is 0 Å². The zero-order valence-corrected chi connectivity index (χ0v) is 8.56. The first-order chi connectivity index (χ1) is 7.88. The van der Waals surface area contributed by atoms with Gasteiger partial charge in [0.1, 0.15) is 13.2 Å². The average Bonchev–Trinajstić information content (AvgIpc) is 2.35. The fourth-order valence-electron chi connectivity index (χ4n) is 1.91. The van der Waals surface area contributed by atoms with Crippen LogP contribution in [0.5, 0.6) is 11.5 Å². The lowest BCUT2D eigenvalue weighted by Crippen LogP contribution is -2.15. The Labute approximate surface area is 92.8 Å². The van der Waals surface area contributed by atoms with Crippen LogP contribution in [0.1, 0.15) is 5.56 Å². The van der Waals surface area contributed by atoms with E-state index in [0.29, 0.717) is 18.8 Å². The first-order valence-corrected chi connectivity index (χ1v) is 5.11. The van der Waals surface area contributed by atoms with E-state index in [0.717, 1.165) is 22.3 Å². The molecule has 0 spiro atoms. The van der Waals surface area contributed by atoms with Gasteiger partial charge in [-0.05, 0) is 23.6 Å². The summed E-state index contributed by atoms with van der Waals surface area (Å²) in [7, 11) is 0. The molecule has 0 radical (unpaired) electrons. The molecule has 0 atom stereocenters. The van der Waals surface area contributed by atoms with E-state index in [1.807, 2.05) is 24.3 Å². The molecule has 0 fully saturated rings. The molecule has 3 nitrogen and oxygen atoms in total. The second kappa shape index (κ2) is 3.42. The Morgan fingerprint density at radius 3 is 2.56 bits per heavy atom. The fourth-order valence-corrected chi connectivity index (χ4v) is 1.91. The highest BCUT2D eigenvalue weighted by Gasteiger charge is 2.13. The predicted molar refractivity (Wildman–Crippen MR) is 59.7 cm³/mol. The van der Waals surface area contributed by atoms with Crippen molar-refractivity contribution in [3.8, 4) is 17.6 Å². The molecule has 0 aromatic heterocycles. The molecule has 16 heavy (non-hydrogen) atoms. The number of hydrogen-bond donors (Lipinski definition) is 0. The van der Waals surface area contributed by atoms with Crippen LogP contribution in [0.2, 0.25) is 0 Å². The SMILES string of the molecule is N#Cc1cccc2cc3c(cc12)OCCO3. The van der Waals surface area contributed by atoms with E-state index in [2.05, 4.69) is 6.07 Å². The van der Waals surface area contributed by atoms with Crippen LogP contribution in [0, 0.1) is 11.3 Å². The molecule has 0 aliphatic carbocycles. The number of hydrogen-bond acceptors (Lipinski definition) is 3. The van der Waals surface area contributed by atoms with Crippen molar-refractivity contribution in [3.05, 3.63) is 35.9 Å². The summed E-state index contributed by atoms with van der Waals surface area (Å²) in [5.41, 5.74) is 0.662. The Morgan fingerprint density at radius 1 is 1.06 bits per heavy atom. The van der Waals surface area contributed by atoms with Crippen molar-refractivity contribution < 1.29 is 9.47 Å². The van der Waals surface area contributed by atoms with Crippen molar-refractivity contribution >= 4 is 10.8 Å². The van der Waals surface area contributed by atoms with Crippen molar-refractivity contribution in [3.63, 3.8) is 0 Å². The number of fused-ring (bicyclic) bond motifs is 2. The molecule has 1 aliphatic rings. The van der Waals surface area contributed by atoms with Gasteiger partial charge in [-0.1, -0.05) is 12.1 Å². The molecule has 0 saturated carbocycles. The molecule has 3 heteroatoms. The van der Waals surface area contributed by atoms with Gasteiger partial charge in [0.05, 0.1) is 11.6 Å². The maximum absolute atomic E-state index is 9.02. The summed E-state index contributed by atoms with van der Waals surface area (Å²) in [4.78, 5) is 0. The van der Waals surface area contributed by atoms with Crippen molar-refractivity contribution in [2.45, 2.75) is 0 Å². The Morgan fingerprint density at radius 2 is 1.81 bits per heavy atom. The third kappa shape index (κ3) is 1.28. The van der Waals surface area contributed by atoms with Crippen LogP contribution in [0.15, 0.2) is 30.3 Å². The van der Waals surface area contributed by atoms with E-state index in [-0.39, 0.29) is 0 Å². The first kappa shape index (κ1) is 9.05. The normalized spacial score (nSPS) is 13.4. The molecule has 2 aromatic rings. The highest BCUT2D eigenvalue weighted by atomic mass is 16.6. The topological polar surface area (TPSA) is 42.2 Å². The molecule has 0 bridgehead atoms. The second-order valence-electron chi connectivity index (χ2n) is 3.63. The van der Waals surface area contributed by atoms with Gasteiger partial charge in [-0.3, -0.25) is 0 Å². The average molecular weight is 211 g/mol. The summed E-state index contributed by atoms with van der Waals surface area (Å²) in [6.07, 6.45) is 0. The van der Waals surface area contributed by atoms with Gasteiger partial charge in [0.15, 0.2) is 11.5 Å². The summed E-state index contributed by atoms with van der Waals surface area (Å²) >= 11 is 0. The lowest BCUT2D eigenvalue weighted by atomic mass is 10.0. The minimum Gasteiger partial charge on any atom is -0.486 e. The van der Waals surface area contributed by atoms with Crippen molar-refractivity contribution in [2.24, 2.45) is 0 Å². The summed E-state index contributed by atoms with van der Waals surface area (Å²) in [6, 6.07) is 11.6. The van der Waals surface area contributed by atoms with E-state index in [1.54, 1.807) is 6.07 Å². The molecule has 1 heterocycles. The van der Waals surface area contributed by atoms with Crippen LogP contribution >= 0.6 is 0 Å². The Hall–Kier alpha value is -2.21. The standard InChI is InChI=1S/C13H9NO2/c14-8-10-3-1-2-9-6-12-13(7-11(9)10)16-5-4-15-12/h1-3,6-7H,4-5H2. The largest absolute Gasteiger partial charge is 0.486 e. The van der Waals surface area contributed by atoms with Gasteiger partial charge < -0.3 is 9.47 Å². The number of ether oxygens (including phenoxy) is 2. The fraction of sp³-hybridized carbons (Fsp3) is 0.154. The van der Waals surface area contributed by atoms with Gasteiger partial charge in [-0.25, -0.2) is 0 Å². The lowest BCUT2D eigenvalue weighted by molar-refractivity contribution is 0.172. The van der Waals surface area contributed by atoms with E-state index in [1.165, 1.54) is 0 Å². The summed E-state index contributed by atoms with van der Waals surface area (Å²) in [5.74, 6) is 1.48.